The maximum Gasteiger partial charge on any atom is 0.321 e. The summed E-state index contributed by atoms with van der Waals surface area (Å²) < 4.78 is 6.16. The van der Waals surface area contributed by atoms with Crippen molar-refractivity contribution in [1.29, 1.82) is 0 Å². The molecule has 0 spiro atoms. The van der Waals surface area contributed by atoms with Gasteiger partial charge in [0, 0.05) is 23.2 Å². The van der Waals surface area contributed by atoms with E-state index in [9.17, 15) is 4.79 Å². The van der Waals surface area contributed by atoms with Gasteiger partial charge in [0.05, 0.1) is 6.10 Å². The van der Waals surface area contributed by atoms with Crippen molar-refractivity contribution in [1.82, 2.24) is 15.5 Å². The number of nitrogens with one attached hydrogen (secondary N) is 2. The number of hydrogen-bond acceptors (Lipinski definition) is 5. The lowest BCUT2D eigenvalue weighted by Gasteiger charge is -2.34. The largest absolute Gasteiger partial charge is 0.381 e. The van der Waals surface area contributed by atoms with E-state index in [1.165, 1.54) is 11.3 Å². The quantitative estimate of drug-likeness (QED) is 0.850. The first-order valence-corrected chi connectivity index (χ1v) is 8.45. The zero-order valence-corrected chi connectivity index (χ0v) is 14.3. The second-order valence-corrected chi connectivity index (χ2v) is 6.94. The lowest BCUT2D eigenvalue weighted by atomic mass is 9.89. The molecule has 0 aliphatic heterocycles. The Labute approximate surface area is 140 Å². The number of rotatable bonds is 4. The molecule has 1 heterocycles. The molecule has 1 aromatic carbocycles. The summed E-state index contributed by atoms with van der Waals surface area (Å²) in [5.74, 6) is 0. The highest BCUT2D eigenvalue weighted by Crippen LogP contribution is 2.28. The van der Waals surface area contributed by atoms with E-state index in [1.54, 1.807) is 7.11 Å². The van der Waals surface area contributed by atoms with Crippen LogP contribution in [0.2, 0.25) is 0 Å². The van der Waals surface area contributed by atoms with E-state index >= 15 is 0 Å². The minimum absolute atomic E-state index is 0.169. The maximum atomic E-state index is 11.9. The first kappa shape index (κ1) is 15.4. The van der Waals surface area contributed by atoms with Crippen molar-refractivity contribution in [3.8, 4) is 10.6 Å². The molecule has 0 bridgehead atoms. The number of anilines is 1. The molecule has 1 aliphatic carbocycles. The molecule has 2 N–H and O–H groups in total. The Morgan fingerprint density at radius 2 is 2.23 bits per heavy atom. The third-order valence-electron chi connectivity index (χ3n) is 3.48. The number of methoxy groups -OCH3 is 1. The van der Waals surface area contributed by atoms with E-state index in [0.29, 0.717) is 5.13 Å². The number of benzene rings is 1. The smallest absolute Gasteiger partial charge is 0.321 e. The number of urea groups is 1. The van der Waals surface area contributed by atoms with Crippen LogP contribution in [0, 0.1) is 0 Å². The molecule has 6 nitrogen and oxygen atoms in total. The number of hydrogen-bond donors (Lipinski definition) is 2. The SMILES string of the molecule is COC1CC(NC(=O)Nc2nnc(-c3cccc(Br)c3)s2)C1. The third kappa shape index (κ3) is 3.63. The Balaban J connectivity index is 1.56. The van der Waals surface area contributed by atoms with Gasteiger partial charge in [0.15, 0.2) is 0 Å². The van der Waals surface area contributed by atoms with Crippen LogP contribution in [0.5, 0.6) is 0 Å². The predicted molar refractivity (Wildman–Crippen MR) is 89.0 cm³/mol. The number of ether oxygens (including phenoxy) is 1. The minimum atomic E-state index is -0.253. The van der Waals surface area contributed by atoms with Crippen molar-refractivity contribution >= 4 is 38.4 Å². The van der Waals surface area contributed by atoms with Crippen molar-refractivity contribution < 1.29 is 9.53 Å². The summed E-state index contributed by atoms with van der Waals surface area (Å²) in [6, 6.07) is 7.71. The number of aromatic nitrogens is 2. The van der Waals surface area contributed by atoms with Gasteiger partial charge in [-0.1, -0.05) is 39.4 Å². The topological polar surface area (TPSA) is 76.1 Å². The summed E-state index contributed by atoms with van der Waals surface area (Å²) in [7, 11) is 1.69. The summed E-state index contributed by atoms with van der Waals surface area (Å²) in [5.41, 5.74) is 0.960. The van der Waals surface area contributed by atoms with Crippen molar-refractivity contribution in [3.05, 3.63) is 28.7 Å². The van der Waals surface area contributed by atoms with E-state index in [1.807, 2.05) is 24.3 Å². The van der Waals surface area contributed by atoms with Gasteiger partial charge in [-0.05, 0) is 25.0 Å². The predicted octanol–water partition coefficient (Wildman–Crippen LogP) is 3.27. The maximum absolute atomic E-state index is 11.9. The van der Waals surface area contributed by atoms with Crippen LogP contribution in [0.25, 0.3) is 10.6 Å². The molecule has 2 amide bonds. The number of amides is 2. The van der Waals surface area contributed by atoms with Gasteiger partial charge in [-0.2, -0.15) is 0 Å². The Morgan fingerprint density at radius 1 is 1.41 bits per heavy atom. The molecule has 3 rings (SSSR count). The fourth-order valence-electron chi connectivity index (χ4n) is 2.21. The van der Waals surface area contributed by atoms with E-state index < -0.39 is 0 Å². The van der Waals surface area contributed by atoms with Gasteiger partial charge in [-0.15, -0.1) is 10.2 Å². The van der Waals surface area contributed by atoms with E-state index in [0.717, 1.165) is 27.9 Å². The lowest BCUT2D eigenvalue weighted by molar-refractivity contribution is 0.0210. The first-order valence-electron chi connectivity index (χ1n) is 6.84. The average molecular weight is 383 g/mol. The molecule has 1 fully saturated rings. The Hall–Kier alpha value is -1.51. The Bertz CT molecular complexity index is 672. The minimum Gasteiger partial charge on any atom is -0.381 e. The van der Waals surface area contributed by atoms with Crippen LogP contribution in [0.1, 0.15) is 12.8 Å². The molecule has 0 saturated heterocycles. The molecule has 0 atom stereocenters. The summed E-state index contributed by atoms with van der Waals surface area (Å²) in [6.45, 7) is 0. The van der Waals surface area contributed by atoms with Crippen LogP contribution in [-0.2, 0) is 4.74 Å². The van der Waals surface area contributed by atoms with Crippen LogP contribution < -0.4 is 10.6 Å². The van der Waals surface area contributed by atoms with Gasteiger partial charge < -0.3 is 10.1 Å². The van der Waals surface area contributed by atoms with E-state index in [2.05, 4.69) is 36.8 Å². The third-order valence-corrected chi connectivity index (χ3v) is 4.86. The highest BCUT2D eigenvalue weighted by atomic mass is 79.9. The zero-order chi connectivity index (χ0) is 15.5. The van der Waals surface area contributed by atoms with Gasteiger partial charge in [0.1, 0.15) is 5.01 Å². The molecule has 22 heavy (non-hydrogen) atoms. The normalized spacial score (nSPS) is 20.3. The number of carbonyl (C=O) groups is 1. The Kier molecular flexibility index (Phi) is 4.70. The molecule has 0 radical (unpaired) electrons. The molecule has 116 valence electrons. The highest BCUT2D eigenvalue weighted by molar-refractivity contribution is 9.10. The van der Waals surface area contributed by atoms with E-state index in [-0.39, 0.29) is 18.2 Å². The highest BCUT2D eigenvalue weighted by Gasteiger charge is 2.30. The fraction of sp³-hybridized carbons (Fsp3) is 0.357. The second-order valence-electron chi connectivity index (χ2n) is 5.05. The zero-order valence-electron chi connectivity index (χ0n) is 11.9. The van der Waals surface area contributed by atoms with Gasteiger partial charge in [0.25, 0.3) is 0 Å². The number of nitrogens with zero attached hydrogens (tertiary/aromatic N) is 2. The van der Waals surface area contributed by atoms with Gasteiger partial charge in [0.2, 0.25) is 5.13 Å². The molecule has 1 saturated carbocycles. The molecule has 2 aromatic rings. The van der Waals surface area contributed by atoms with Crippen LogP contribution in [0.4, 0.5) is 9.93 Å². The number of carbonyl (C=O) groups excluding carboxylic acids is 1. The van der Waals surface area contributed by atoms with Crippen molar-refractivity contribution in [2.24, 2.45) is 0 Å². The summed E-state index contributed by atoms with van der Waals surface area (Å²) in [6.07, 6.45) is 1.96. The molecule has 1 aromatic heterocycles. The van der Waals surface area contributed by atoms with Crippen molar-refractivity contribution in [2.75, 3.05) is 12.4 Å². The first-order chi connectivity index (χ1) is 10.6. The summed E-state index contributed by atoms with van der Waals surface area (Å²) in [4.78, 5) is 11.9. The fourth-order valence-corrected chi connectivity index (χ4v) is 3.34. The van der Waals surface area contributed by atoms with Crippen LogP contribution in [0.15, 0.2) is 28.7 Å². The monoisotopic (exact) mass is 382 g/mol. The molecule has 0 unspecified atom stereocenters. The number of halogens is 1. The second kappa shape index (κ2) is 6.72. The molecule has 1 aliphatic rings. The van der Waals surface area contributed by atoms with Crippen LogP contribution in [0.3, 0.4) is 0 Å². The van der Waals surface area contributed by atoms with Crippen LogP contribution in [-0.4, -0.2) is 35.5 Å². The molecular weight excluding hydrogens is 368 g/mol. The summed E-state index contributed by atoms with van der Waals surface area (Å²) >= 11 is 4.77. The molecule has 8 heteroatoms. The van der Waals surface area contributed by atoms with E-state index in [4.69, 9.17) is 4.74 Å². The lowest BCUT2D eigenvalue weighted by Crippen LogP contribution is -2.48. The standard InChI is InChI=1S/C14H15BrN4O2S/c1-21-11-6-10(7-11)16-13(20)17-14-19-18-12(22-14)8-3-2-4-9(15)5-8/h2-5,10-11H,6-7H2,1H3,(H2,16,17,19,20). The van der Waals surface area contributed by atoms with Crippen molar-refractivity contribution in [2.45, 2.75) is 25.0 Å². The average Bonchev–Trinajstić information content (AvgIpc) is 2.91. The Morgan fingerprint density at radius 3 is 2.95 bits per heavy atom. The van der Waals surface area contributed by atoms with Gasteiger partial charge in [-0.3, -0.25) is 5.32 Å². The van der Waals surface area contributed by atoms with Gasteiger partial charge >= 0.3 is 6.03 Å². The molecular formula is C14H15BrN4O2S. The van der Waals surface area contributed by atoms with Crippen molar-refractivity contribution in [3.63, 3.8) is 0 Å². The van der Waals surface area contributed by atoms with Gasteiger partial charge in [-0.25, -0.2) is 4.79 Å². The summed E-state index contributed by atoms with van der Waals surface area (Å²) in [5, 5.41) is 15.0. The van der Waals surface area contributed by atoms with Crippen LogP contribution >= 0.6 is 27.3 Å².